The number of carbonyl (C=O) groups is 1. The van der Waals surface area contributed by atoms with Crippen molar-refractivity contribution in [1.29, 1.82) is 0 Å². The van der Waals surface area contributed by atoms with Gasteiger partial charge in [0.05, 0.1) is 11.4 Å². The number of benzene rings is 1. The second-order valence-corrected chi connectivity index (χ2v) is 5.50. The van der Waals surface area contributed by atoms with E-state index in [1.807, 2.05) is 55.9 Å². The molecule has 0 atom stereocenters. The SMILES string of the molecule is CCc1nc(C(N)=O)c(Nc2ccc3ccn(C)c3c2)nc1C. The highest BCUT2D eigenvalue weighted by Crippen LogP contribution is 2.24. The molecule has 0 aliphatic carbocycles. The summed E-state index contributed by atoms with van der Waals surface area (Å²) in [5, 5.41) is 4.32. The Morgan fingerprint density at radius 1 is 1.30 bits per heavy atom. The molecule has 2 heterocycles. The number of nitrogens with zero attached hydrogens (tertiary/aromatic N) is 3. The lowest BCUT2D eigenvalue weighted by Crippen LogP contribution is -2.18. The molecule has 3 aromatic rings. The van der Waals surface area contributed by atoms with E-state index in [1.54, 1.807) is 0 Å². The van der Waals surface area contributed by atoms with Gasteiger partial charge in [-0.05, 0) is 36.9 Å². The van der Waals surface area contributed by atoms with Gasteiger partial charge >= 0.3 is 0 Å². The topological polar surface area (TPSA) is 85.8 Å². The predicted octanol–water partition coefficient (Wildman–Crippen LogP) is 2.68. The molecule has 6 heteroatoms. The molecule has 0 saturated carbocycles. The molecule has 1 amide bonds. The summed E-state index contributed by atoms with van der Waals surface area (Å²) < 4.78 is 2.03. The first-order chi connectivity index (χ1) is 11.0. The number of aryl methyl sites for hydroxylation is 3. The average molecular weight is 309 g/mol. The zero-order valence-corrected chi connectivity index (χ0v) is 13.4. The van der Waals surface area contributed by atoms with Gasteiger partial charge in [-0.1, -0.05) is 13.0 Å². The number of amides is 1. The van der Waals surface area contributed by atoms with Crippen LogP contribution in [0.15, 0.2) is 30.5 Å². The number of nitrogens with one attached hydrogen (secondary N) is 1. The van der Waals surface area contributed by atoms with Crippen LogP contribution < -0.4 is 11.1 Å². The molecule has 3 N–H and O–H groups in total. The van der Waals surface area contributed by atoms with E-state index in [9.17, 15) is 4.79 Å². The lowest BCUT2D eigenvalue weighted by molar-refractivity contribution is 0.0996. The van der Waals surface area contributed by atoms with E-state index in [-0.39, 0.29) is 5.69 Å². The first kappa shape index (κ1) is 15.0. The van der Waals surface area contributed by atoms with E-state index in [1.165, 1.54) is 0 Å². The third-order valence-electron chi connectivity index (χ3n) is 3.89. The van der Waals surface area contributed by atoms with Crippen LogP contribution in [0, 0.1) is 6.92 Å². The van der Waals surface area contributed by atoms with Crippen molar-refractivity contribution in [2.24, 2.45) is 12.8 Å². The number of fused-ring (bicyclic) bond motifs is 1. The molecule has 0 unspecified atom stereocenters. The Morgan fingerprint density at radius 2 is 2.09 bits per heavy atom. The summed E-state index contributed by atoms with van der Waals surface area (Å²) in [6.45, 7) is 3.85. The molecule has 6 nitrogen and oxygen atoms in total. The molecular formula is C17H19N5O. The summed E-state index contributed by atoms with van der Waals surface area (Å²) in [7, 11) is 1.99. The van der Waals surface area contributed by atoms with E-state index in [2.05, 4.69) is 15.3 Å². The smallest absolute Gasteiger partial charge is 0.271 e. The molecule has 118 valence electrons. The third kappa shape index (κ3) is 2.75. The summed E-state index contributed by atoms with van der Waals surface area (Å²) in [6, 6.07) is 8.01. The van der Waals surface area contributed by atoms with Crippen LogP contribution in [0.25, 0.3) is 10.9 Å². The normalized spacial score (nSPS) is 10.9. The molecule has 0 spiro atoms. The van der Waals surface area contributed by atoms with Gasteiger partial charge in [0, 0.05) is 24.4 Å². The molecule has 0 saturated heterocycles. The van der Waals surface area contributed by atoms with Gasteiger partial charge in [-0.15, -0.1) is 0 Å². The molecule has 0 aliphatic rings. The minimum atomic E-state index is -0.588. The summed E-state index contributed by atoms with van der Waals surface area (Å²) in [5.41, 5.74) is 9.11. The number of anilines is 2. The number of aromatic nitrogens is 3. The second kappa shape index (κ2) is 5.72. The molecule has 23 heavy (non-hydrogen) atoms. The molecule has 0 aliphatic heterocycles. The predicted molar refractivity (Wildman–Crippen MR) is 90.9 cm³/mol. The highest BCUT2D eigenvalue weighted by atomic mass is 16.1. The second-order valence-electron chi connectivity index (χ2n) is 5.50. The van der Waals surface area contributed by atoms with Crippen molar-refractivity contribution in [3.63, 3.8) is 0 Å². The van der Waals surface area contributed by atoms with Gasteiger partial charge < -0.3 is 15.6 Å². The highest BCUT2D eigenvalue weighted by Gasteiger charge is 2.15. The van der Waals surface area contributed by atoms with E-state index < -0.39 is 5.91 Å². The monoisotopic (exact) mass is 309 g/mol. The molecule has 0 fully saturated rings. The Bertz CT molecular complexity index is 897. The molecular weight excluding hydrogens is 290 g/mol. The summed E-state index contributed by atoms with van der Waals surface area (Å²) >= 11 is 0. The first-order valence-corrected chi connectivity index (χ1v) is 7.49. The summed E-state index contributed by atoms with van der Waals surface area (Å²) in [5.74, 6) is -0.199. The van der Waals surface area contributed by atoms with Crippen LogP contribution in [-0.4, -0.2) is 20.4 Å². The Balaban J connectivity index is 2.05. The van der Waals surface area contributed by atoms with Crippen molar-refractivity contribution in [1.82, 2.24) is 14.5 Å². The van der Waals surface area contributed by atoms with Crippen LogP contribution in [0.2, 0.25) is 0 Å². The van der Waals surface area contributed by atoms with Crippen molar-refractivity contribution < 1.29 is 4.79 Å². The van der Waals surface area contributed by atoms with Gasteiger partial charge in [-0.3, -0.25) is 4.79 Å². The van der Waals surface area contributed by atoms with Crippen LogP contribution in [0.5, 0.6) is 0 Å². The molecule has 0 bridgehead atoms. The van der Waals surface area contributed by atoms with Gasteiger partial charge in [-0.2, -0.15) is 0 Å². The quantitative estimate of drug-likeness (QED) is 0.776. The highest BCUT2D eigenvalue weighted by molar-refractivity contribution is 5.96. The maximum Gasteiger partial charge on any atom is 0.271 e. The average Bonchev–Trinajstić information content (AvgIpc) is 2.88. The fourth-order valence-electron chi connectivity index (χ4n) is 2.62. The van der Waals surface area contributed by atoms with Crippen LogP contribution in [0.4, 0.5) is 11.5 Å². The largest absolute Gasteiger partial charge is 0.364 e. The van der Waals surface area contributed by atoms with E-state index in [0.717, 1.165) is 28.0 Å². The maximum atomic E-state index is 11.7. The van der Waals surface area contributed by atoms with Crippen LogP contribution >= 0.6 is 0 Å². The van der Waals surface area contributed by atoms with Gasteiger partial charge in [-0.25, -0.2) is 9.97 Å². The molecule has 0 radical (unpaired) electrons. The van der Waals surface area contributed by atoms with Crippen molar-refractivity contribution in [2.45, 2.75) is 20.3 Å². The maximum absolute atomic E-state index is 11.7. The van der Waals surface area contributed by atoms with Crippen molar-refractivity contribution in [3.8, 4) is 0 Å². The van der Waals surface area contributed by atoms with E-state index in [4.69, 9.17) is 5.73 Å². The number of nitrogens with two attached hydrogens (primary N) is 1. The molecule has 3 rings (SSSR count). The zero-order valence-electron chi connectivity index (χ0n) is 13.4. The van der Waals surface area contributed by atoms with E-state index >= 15 is 0 Å². The minimum absolute atomic E-state index is 0.166. The van der Waals surface area contributed by atoms with Crippen molar-refractivity contribution in [2.75, 3.05) is 5.32 Å². The zero-order chi connectivity index (χ0) is 16.6. The number of carbonyl (C=O) groups excluding carboxylic acids is 1. The molecule has 2 aromatic heterocycles. The van der Waals surface area contributed by atoms with Crippen LogP contribution in [0.1, 0.15) is 28.8 Å². The Hall–Kier alpha value is -2.89. The van der Waals surface area contributed by atoms with Gasteiger partial charge in [0.1, 0.15) is 0 Å². The Kier molecular flexibility index (Phi) is 3.73. The fraction of sp³-hybridized carbons (Fsp3) is 0.235. The van der Waals surface area contributed by atoms with Crippen molar-refractivity contribution in [3.05, 3.63) is 47.5 Å². The number of rotatable bonds is 4. The van der Waals surface area contributed by atoms with Crippen LogP contribution in [-0.2, 0) is 13.5 Å². The number of primary amides is 1. The van der Waals surface area contributed by atoms with Gasteiger partial charge in [0.15, 0.2) is 11.5 Å². The van der Waals surface area contributed by atoms with Crippen molar-refractivity contribution >= 4 is 28.3 Å². The number of hydrogen-bond donors (Lipinski definition) is 2. The lowest BCUT2D eigenvalue weighted by Gasteiger charge is -2.12. The minimum Gasteiger partial charge on any atom is -0.364 e. The Labute approximate surface area is 134 Å². The van der Waals surface area contributed by atoms with Gasteiger partial charge in [0.25, 0.3) is 5.91 Å². The fourth-order valence-corrected chi connectivity index (χ4v) is 2.62. The van der Waals surface area contributed by atoms with Gasteiger partial charge in [0.2, 0.25) is 0 Å². The standard InChI is InChI=1S/C17H19N5O/c1-4-13-10(2)19-17(15(21-13)16(18)23)20-12-6-5-11-7-8-22(3)14(11)9-12/h5-9H,4H2,1-3H3,(H2,18,23)(H,19,20). The van der Waals surface area contributed by atoms with Crippen LogP contribution in [0.3, 0.4) is 0 Å². The Morgan fingerprint density at radius 3 is 2.78 bits per heavy atom. The number of hydrogen-bond acceptors (Lipinski definition) is 4. The van der Waals surface area contributed by atoms with E-state index in [0.29, 0.717) is 12.2 Å². The molecule has 1 aromatic carbocycles. The third-order valence-corrected chi connectivity index (χ3v) is 3.89. The first-order valence-electron chi connectivity index (χ1n) is 7.49. The lowest BCUT2D eigenvalue weighted by atomic mass is 10.2. The summed E-state index contributed by atoms with van der Waals surface area (Å²) in [4.78, 5) is 20.5. The summed E-state index contributed by atoms with van der Waals surface area (Å²) in [6.07, 6.45) is 2.71.